The van der Waals surface area contributed by atoms with Crippen LogP contribution in [0.3, 0.4) is 0 Å². The standard InChI is InChI=1S/C26H21N/c1-4-10-23-18(5-2)24-21-14-9-8-13-20(21)22-16-15-17-11-6-7-12-19(17)25(22)26(24)27(23)3/h4-16H,2H2,1,3H3/b10-4-. The Kier molecular flexibility index (Phi) is 3.45. The lowest BCUT2D eigenvalue weighted by molar-refractivity contribution is 0.957. The van der Waals surface area contributed by atoms with E-state index in [1.165, 1.54) is 54.5 Å². The predicted molar refractivity (Wildman–Crippen MR) is 120 cm³/mol. The average molecular weight is 347 g/mol. The topological polar surface area (TPSA) is 4.93 Å². The zero-order valence-electron chi connectivity index (χ0n) is 15.7. The van der Waals surface area contributed by atoms with Crippen LogP contribution in [0.2, 0.25) is 0 Å². The minimum atomic E-state index is 1.20. The number of aryl methyl sites for hydroxylation is 1. The summed E-state index contributed by atoms with van der Waals surface area (Å²) in [4.78, 5) is 0. The molecule has 4 aromatic carbocycles. The largest absolute Gasteiger partial charge is 0.343 e. The Morgan fingerprint density at radius 2 is 1.44 bits per heavy atom. The normalized spacial score (nSPS) is 12.1. The minimum Gasteiger partial charge on any atom is -0.343 e. The second-order valence-corrected chi connectivity index (χ2v) is 7.04. The van der Waals surface area contributed by atoms with Gasteiger partial charge in [-0.15, -0.1) is 0 Å². The van der Waals surface area contributed by atoms with Crippen LogP contribution in [0, 0.1) is 0 Å². The Bertz CT molecular complexity index is 1400. The number of hydrogen-bond donors (Lipinski definition) is 0. The molecule has 27 heavy (non-hydrogen) atoms. The summed E-state index contributed by atoms with van der Waals surface area (Å²) in [6, 6.07) is 21.9. The molecule has 0 saturated heterocycles. The van der Waals surface area contributed by atoms with Crippen molar-refractivity contribution < 1.29 is 0 Å². The van der Waals surface area contributed by atoms with Gasteiger partial charge >= 0.3 is 0 Å². The fourth-order valence-corrected chi connectivity index (χ4v) is 4.54. The monoisotopic (exact) mass is 347 g/mol. The van der Waals surface area contributed by atoms with Gasteiger partial charge in [0.15, 0.2) is 0 Å². The number of fused-ring (bicyclic) bond motifs is 8. The number of hydrogen-bond acceptors (Lipinski definition) is 0. The van der Waals surface area contributed by atoms with E-state index in [9.17, 15) is 0 Å². The van der Waals surface area contributed by atoms with Crippen molar-refractivity contribution in [2.45, 2.75) is 6.92 Å². The second kappa shape index (κ2) is 5.85. The van der Waals surface area contributed by atoms with Gasteiger partial charge in [-0.25, -0.2) is 0 Å². The van der Waals surface area contributed by atoms with Crippen LogP contribution in [0.25, 0.3) is 55.4 Å². The van der Waals surface area contributed by atoms with Crippen molar-refractivity contribution in [3.05, 3.63) is 84.6 Å². The molecule has 0 radical (unpaired) electrons. The Labute approximate surface area is 158 Å². The highest BCUT2D eigenvalue weighted by Gasteiger charge is 2.19. The van der Waals surface area contributed by atoms with Crippen molar-refractivity contribution in [2.24, 2.45) is 7.05 Å². The van der Waals surface area contributed by atoms with E-state index < -0.39 is 0 Å². The summed E-state index contributed by atoms with van der Waals surface area (Å²) < 4.78 is 2.33. The van der Waals surface area contributed by atoms with Crippen molar-refractivity contribution >= 4 is 55.4 Å². The molecule has 0 amide bonds. The molecule has 1 aromatic heterocycles. The van der Waals surface area contributed by atoms with Crippen LogP contribution in [0.4, 0.5) is 0 Å². The molecular weight excluding hydrogens is 326 g/mol. The summed E-state index contributed by atoms with van der Waals surface area (Å²) in [6.07, 6.45) is 6.29. The molecule has 0 unspecified atom stereocenters. The van der Waals surface area contributed by atoms with Gasteiger partial charge in [0.2, 0.25) is 0 Å². The van der Waals surface area contributed by atoms with E-state index in [4.69, 9.17) is 0 Å². The Morgan fingerprint density at radius 1 is 0.778 bits per heavy atom. The molecular formula is C26H21N. The highest BCUT2D eigenvalue weighted by molar-refractivity contribution is 6.32. The molecule has 0 aliphatic rings. The Morgan fingerprint density at radius 3 is 2.19 bits per heavy atom. The molecule has 1 heteroatoms. The van der Waals surface area contributed by atoms with Gasteiger partial charge in [0, 0.05) is 29.1 Å². The van der Waals surface area contributed by atoms with Gasteiger partial charge in [-0.05, 0) is 39.9 Å². The van der Waals surface area contributed by atoms with Crippen LogP contribution in [0.15, 0.2) is 73.3 Å². The molecule has 0 N–H and O–H groups in total. The Hall–Kier alpha value is -3.32. The summed E-state index contributed by atoms with van der Waals surface area (Å²) in [5, 5.41) is 9.08. The lowest BCUT2D eigenvalue weighted by Gasteiger charge is -2.12. The van der Waals surface area contributed by atoms with Crippen LogP contribution < -0.4 is 0 Å². The van der Waals surface area contributed by atoms with E-state index in [-0.39, 0.29) is 0 Å². The lowest BCUT2D eigenvalue weighted by atomic mass is 9.93. The summed E-state index contributed by atoms with van der Waals surface area (Å²) in [5.74, 6) is 0. The van der Waals surface area contributed by atoms with Crippen LogP contribution in [0.1, 0.15) is 18.2 Å². The van der Waals surface area contributed by atoms with E-state index in [2.05, 4.69) is 97.9 Å². The van der Waals surface area contributed by atoms with E-state index in [0.29, 0.717) is 0 Å². The number of aromatic nitrogens is 1. The molecule has 0 bridgehead atoms. The molecule has 0 fully saturated rings. The van der Waals surface area contributed by atoms with Crippen LogP contribution in [-0.4, -0.2) is 4.57 Å². The molecule has 130 valence electrons. The maximum Gasteiger partial charge on any atom is 0.0581 e. The lowest BCUT2D eigenvalue weighted by Crippen LogP contribution is -1.92. The molecule has 0 aliphatic heterocycles. The molecule has 0 atom stereocenters. The molecule has 5 aromatic rings. The van der Waals surface area contributed by atoms with Gasteiger partial charge in [0.1, 0.15) is 0 Å². The average Bonchev–Trinajstić information content (AvgIpc) is 3.00. The summed E-state index contributed by atoms with van der Waals surface area (Å²) in [5.41, 5.74) is 3.69. The van der Waals surface area contributed by atoms with Crippen molar-refractivity contribution in [2.75, 3.05) is 0 Å². The van der Waals surface area contributed by atoms with Gasteiger partial charge in [-0.3, -0.25) is 0 Å². The fraction of sp³-hybridized carbons (Fsp3) is 0.0769. The predicted octanol–water partition coefficient (Wildman–Crippen LogP) is 7.31. The maximum atomic E-state index is 4.14. The maximum absolute atomic E-state index is 4.14. The number of nitrogens with zero attached hydrogens (tertiary/aromatic N) is 1. The number of benzene rings is 4. The van der Waals surface area contributed by atoms with Crippen LogP contribution in [-0.2, 0) is 7.05 Å². The summed E-state index contributed by atoms with van der Waals surface area (Å²) in [7, 11) is 2.17. The van der Waals surface area contributed by atoms with Crippen molar-refractivity contribution in [3.8, 4) is 0 Å². The zero-order chi connectivity index (χ0) is 18.5. The molecule has 1 nitrogen and oxygen atoms in total. The summed E-state index contributed by atoms with van der Waals surface area (Å²) >= 11 is 0. The molecule has 0 aliphatic carbocycles. The quantitative estimate of drug-likeness (QED) is 0.295. The van der Waals surface area contributed by atoms with Crippen molar-refractivity contribution in [3.63, 3.8) is 0 Å². The number of allylic oxidation sites excluding steroid dienone is 1. The van der Waals surface area contributed by atoms with Gasteiger partial charge in [-0.1, -0.05) is 79.4 Å². The van der Waals surface area contributed by atoms with E-state index >= 15 is 0 Å². The minimum absolute atomic E-state index is 1.20. The van der Waals surface area contributed by atoms with E-state index in [1.807, 2.05) is 6.08 Å². The van der Waals surface area contributed by atoms with Gasteiger partial charge in [0.05, 0.1) is 5.52 Å². The smallest absolute Gasteiger partial charge is 0.0581 e. The first-order chi connectivity index (χ1) is 13.3. The highest BCUT2D eigenvalue weighted by atomic mass is 14.9. The first kappa shape index (κ1) is 15.9. The second-order valence-electron chi connectivity index (χ2n) is 7.04. The molecule has 5 rings (SSSR count). The first-order valence-electron chi connectivity index (χ1n) is 9.36. The van der Waals surface area contributed by atoms with E-state index in [0.717, 1.165) is 0 Å². The highest BCUT2D eigenvalue weighted by Crippen LogP contribution is 2.42. The van der Waals surface area contributed by atoms with Crippen LogP contribution in [0.5, 0.6) is 0 Å². The third-order valence-corrected chi connectivity index (χ3v) is 5.66. The van der Waals surface area contributed by atoms with Gasteiger partial charge < -0.3 is 4.57 Å². The van der Waals surface area contributed by atoms with E-state index in [1.54, 1.807) is 0 Å². The molecule has 1 heterocycles. The molecule has 0 saturated carbocycles. The van der Waals surface area contributed by atoms with Crippen molar-refractivity contribution in [1.29, 1.82) is 0 Å². The van der Waals surface area contributed by atoms with Crippen LogP contribution >= 0.6 is 0 Å². The first-order valence-corrected chi connectivity index (χ1v) is 9.36. The summed E-state index contributed by atoms with van der Waals surface area (Å²) in [6.45, 7) is 6.20. The third-order valence-electron chi connectivity index (χ3n) is 5.66. The Balaban J connectivity index is 2.23. The molecule has 0 spiro atoms. The zero-order valence-corrected chi connectivity index (χ0v) is 15.7. The number of rotatable bonds is 2. The van der Waals surface area contributed by atoms with Crippen molar-refractivity contribution in [1.82, 2.24) is 4.57 Å². The SMILES string of the molecule is C=Cc1c(/C=C\C)n(C)c2c1c1ccccc1c1ccc3ccccc3c12. The van der Waals surface area contributed by atoms with Gasteiger partial charge in [-0.2, -0.15) is 0 Å². The van der Waals surface area contributed by atoms with Gasteiger partial charge in [0.25, 0.3) is 0 Å². The third kappa shape index (κ3) is 2.06. The fourth-order valence-electron chi connectivity index (χ4n) is 4.54.